The highest BCUT2D eigenvalue weighted by Crippen LogP contribution is 2.45. The van der Waals surface area contributed by atoms with Gasteiger partial charge in [0, 0.05) is 0 Å². The van der Waals surface area contributed by atoms with Crippen molar-refractivity contribution in [3.63, 3.8) is 0 Å². The van der Waals surface area contributed by atoms with Crippen LogP contribution in [0, 0.1) is 5.41 Å². The fourth-order valence-electron chi connectivity index (χ4n) is 5.66. The first-order chi connectivity index (χ1) is 21.7. The lowest BCUT2D eigenvalue weighted by Gasteiger charge is -2.34. The molecule has 2 atom stereocenters. The largest absolute Gasteiger partial charge is 0.435 e. The Labute approximate surface area is 267 Å². The lowest BCUT2D eigenvalue weighted by Crippen LogP contribution is -2.47. The van der Waals surface area contributed by atoms with E-state index in [1.54, 1.807) is 42.5 Å². The van der Waals surface area contributed by atoms with E-state index in [2.05, 4.69) is 14.8 Å². The van der Waals surface area contributed by atoms with Crippen molar-refractivity contribution in [2.75, 3.05) is 6.61 Å². The van der Waals surface area contributed by atoms with Gasteiger partial charge in [0.15, 0.2) is 17.3 Å². The van der Waals surface area contributed by atoms with Gasteiger partial charge in [0.2, 0.25) is 0 Å². The second kappa shape index (κ2) is 12.7. The Morgan fingerprint density at radius 3 is 2.20 bits per heavy atom. The van der Waals surface area contributed by atoms with Crippen LogP contribution >= 0.6 is 11.6 Å². The quantitative estimate of drug-likeness (QED) is 0.184. The van der Waals surface area contributed by atoms with E-state index in [0.29, 0.717) is 11.1 Å². The summed E-state index contributed by atoms with van der Waals surface area (Å²) < 4.78 is 57.6. The average molecular weight is 659 g/mol. The van der Waals surface area contributed by atoms with Gasteiger partial charge in [-0.15, -0.1) is 0 Å². The van der Waals surface area contributed by atoms with Crippen molar-refractivity contribution in [2.45, 2.75) is 51.8 Å². The molecule has 0 radical (unpaired) electrons. The number of hydrogen-bond acceptors (Lipinski definition) is 7. The van der Waals surface area contributed by atoms with Crippen molar-refractivity contribution in [1.82, 2.24) is 19.7 Å². The van der Waals surface area contributed by atoms with Gasteiger partial charge in [0.1, 0.15) is 12.1 Å². The van der Waals surface area contributed by atoms with Crippen molar-refractivity contribution < 1.29 is 32.2 Å². The average Bonchev–Trinajstić information content (AvgIpc) is 3.57. The van der Waals surface area contributed by atoms with Crippen molar-refractivity contribution in [3.05, 3.63) is 95.0 Å². The Kier molecular flexibility index (Phi) is 9.09. The molecule has 2 heterocycles. The van der Waals surface area contributed by atoms with E-state index in [0.717, 1.165) is 22.1 Å². The molecule has 0 spiro atoms. The Morgan fingerprint density at radius 1 is 1.00 bits per heavy atom. The van der Waals surface area contributed by atoms with Gasteiger partial charge in [-0.1, -0.05) is 74.8 Å². The molecule has 46 heavy (non-hydrogen) atoms. The minimum Gasteiger partial charge on any atom is -0.435 e. The summed E-state index contributed by atoms with van der Waals surface area (Å²) in [5, 5.41) is 14.6. The number of aromatic nitrogens is 3. The first-order valence-electron chi connectivity index (χ1n) is 14.2. The Morgan fingerprint density at radius 2 is 1.63 bits per heavy atom. The number of halogens is 5. The number of carbonyl (C=O) groups excluding carboxylic acids is 1. The van der Waals surface area contributed by atoms with Crippen molar-refractivity contribution in [3.8, 4) is 22.6 Å². The van der Waals surface area contributed by atoms with Crippen molar-refractivity contribution in [1.29, 1.82) is 0 Å². The summed E-state index contributed by atoms with van der Waals surface area (Å²) in [5.74, 6) is -1.20. The summed E-state index contributed by atoms with van der Waals surface area (Å²) in [6.07, 6.45) is -1.69. The molecule has 1 aromatic heterocycles. The normalized spacial score (nSPS) is 17.6. The molecule has 4 aromatic rings. The monoisotopic (exact) mass is 658 g/mol. The van der Waals surface area contributed by atoms with E-state index in [4.69, 9.17) is 22.3 Å². The van der Waals surface area contributed by atoms with Gasteiger partial charge in [0.25, 0.3) is 12.3 Å². The van der Waals surface area contributed by atoms with Crippen LogP contribution in [-0.4, -0.2) is 49.9 Å². The maximum atomic E-state index is 14.5. The van der Waals surface area contributed by atoms with Crippen molar-refractivity contribution in [2.24, 2.45) is 16.1 Å². The zero-order valence-electron chi connectivity index (χ0n) is 25.0. The van der Waals surface area contributed by atoms with E-state index in [-0.39, 0.29) is 28.8 Å². The maximum absolute atomic E-state index is 14.5. The molecule has 14 heteroatoms. The number of nitrogens with zero attached hydrogens (tertiary/aromatic N) is 5. The minimum atomic E-state index is -2.93. The molecule has 0 aliphatic carbocycles. The maximum Gasteiger partial charge on any atom is 0.387 e. The minimum absolute atomic E-state index is 0.0305. The van der Waals surface area contributed by atoms with E-state index >= 15 is 0 Å². The predicted octanol–water partition coefficient (Wildman–Crippen LogP) is 6.65. The van der Waals surface area contributed by atoms with E-state index < -0.39 is 48.4 Å². The number of aliphatic hydroxyl groups excluding tert-OH is 1. The number of aliphatic imine (C=N–C) groups is 1. The SMILES string of the molecule is CC(C)(C)C[C@]1(c2ccc(-c3ccc(OC(F)F)cc3)cc2)N=C(N)N([C@H](CO)c2ccc(Cl)c(-n3ncnc3C(F)F)c2)C1=O. The molecule has 242 valence electrons. The third-order valence-corrected chi connectivity index (χ3v) is 7.84. The Hall–Kier alpha value is -4.49. The fraction of sp³-hybridized carbons (Fsp3) is 0.312. The molecule has 3 N–H and O–H groups in total. The number of nitrogens with two attached hydrogens (primary N) is 1. The molecular weight excluding hydrogens is 628 g/mol. The van der Waals surface area contributed by atoms with Gasteiger partial charge in [-0.05, 0) is 58.4 Å². The number of rotatable bonds is 10. The van der Waals surface area contributed by atoms with E-state index in [1.807, 2.05) is 20.8 Å². The molecule has 1 aliphatic rings. The number of carbonyl (C=O) groups is 1. The molecular formula is C32H31ClF4N6O3. The first-order valence-corrected chi connectivity index (χ1v) is 14.6. The van der Waals surface area contributed by atoms with Gasteiger partial charge in [-0.25, -0.2) is 23.4 Å². The molecule has 0 unspecified atom stereocenters. The molecule has 0 bridgehead atoms. The topological polar surface area (TPSA) is 119 Å². The Bertz CT molecular complexity index is 1740. The zero-order valence-corrected chi connectivity index (χ0v) is 25.8. The van der Waals surface area contributed by atoms with Crippen LogP contribution in [0.5, 0.6) is 5.75 Å². The van der Waals surface area contributed by atoms with Crippen molar-refractivity contribution >= 4 is 23.5 Å². The fourth-order valence-corrected chi connectivity index (χ4v) is 5.86. The zero-order chi connectivity index (χ0) is 33.4. The lowest BCUT2D eigenvalue weighted by molar-refractivity contribution is -0.135. The number of aliphatic hydroxyl groups is 1. The predicted molar refractivity (Wildman–Crippen MR) is 164 cm³/mol. The summed E-state index contributed by atoms with van der Waals surface area (Å²) >= 11 is 6.35. The highest BCUT2D eigenvalue weighted by atomic mass is 35.5. The molecule has 3 aromatic carbocycles. The van der Waals surface area contributed by atoms with E-state index in [9.17, 15) is 27.5 Å². The molecule has 1 aliphatic heterocycles. The Balaban J connectivity index is 1.51. The number of amides is 1. The second-order valence-corrected chi connectivity index (χ2v) is 12.4. The molecule has 9 nitrogen and oxygen atoms in total. The number of hydrogen-bond donors (Lipinski definition) is 2. The number of alkyl halides is 4. The third kappa shape index (κ3) is 6.42. The van der Waals surface area contributed by atoms with Gasteiger partial charge in [-0.2, -0.15) is 13.9 Å². The van der Waals surface area contributed by atoms with Crippen LogP contribution in [0.4, 0.5) is 17.6 Å². The van der Waals surface area contributed by atoms with Crippen LogP contribution in [0.25, 0.3) is 16.8 Å². The molecule has 0 saturated carbocycles. The van der Waals surface area contributed by atoms with Crippen LogP contribution in [0.15, 0.2) is 78.0 Å². The lowest BCUT2D eigenvalue weighted by atomic mass is 9.75. The van der Waals surface area contributed by atoms with Gasteiger partial charge < -0.3 is 15.6 Å². The van der Waals surface area contributed by atoms with Crippen LogP contribution in [0.3, 0.4) is 0 Å². The summed E-state index contributed by atoms with van der Waals surface area (Å²) in [4.78, 5) is 24.0. The summed E-state index contributed by atoms with van der Waals surface area (Å²) in [7, 11) is 0. The summed E-state index contributed by atoms with van der Waals surface area (Å²) in [6, 6.07) is 16.7. The van der Waals surface area contributed by atoms with Crippen LogP contribution in [0.1, 0.15) is 56.6 Å². The molecule has 1 amide bonds. The standard InChI is InChI=1S/C32H31ClF4N6O3/c1-31(2,3)16-32(21-9-4-18(5-10-21)19-6-11-22(12-7-19)46-29(36)37)28(45)42(30(38)41-32)25(15-44)20-8-13-23(33)24(14-20)43-27(26(34)35)39-17-40-43/h4-14,17,25-26,29,44H,15-16H2,1-3H3,(H2,38,41)/t25-,32-/m1/s1. The van der Waals surface area contributed by atoms with Crippen LogP contribution in [0.2, 0.25) is 5.02 Å². The number of benzene rings is 3. The molecule has 0 fully saturated rings. The first kappa shape index (κ1) is 32.9. The van der Waals surface area contributed by atoms with Crippen LogP contribution in [-0.2, 0) is 10.3 Å². The van der Waals surface area contributed by atoms with Gasteiger partial charge in [-0.3, -0.25) is 9.69 Å². The van der Waals surface area contributed by atoms with Crippen LogP contribution < -0.4 is 10.5 Å². The molecule has 0 saturated heterocycles. The number of guanidine groups is 1. The summed E-state index contributed by atoms with van der Waals surface area (Å²) in [5.41, 5.74) is 7.06. The van der Waals surface area contributed by atoms with E-state index in [1.165, 1.54) is 29.2 Å². The van der Waals surface area contributed by atoms with Gasteiger partial charge >= 0.3 is 6.61 Å². The summed E-state index contributed by atoms with van der Waals surface area (Å²) in [6.45, 7) is 2.38. The molecule has 5 rings (SSSR count). The van der Waals surface area contributed by atoms with Gasteiger partial charge in [0.05, 0.1) is 23.4 Å². The number of ether oxygens (including phenoxy) is 1. The smallest absolute Gasteiger partial charge is 0.387 e. The third-order valence-electron chi connectivity index (χ3n) is 7.52. The second-order valence-electron chi connectivity index (χ2n) is 12.0. The highest BCUT2D eigenvalue weighted by molar-refractivity contribution is 6.32. The highest BCUT2D eigenvalue weighted by Gasteiger charge is 2.53.